The van der Waals surface area contributed by atoms with Crippen LogP contribution in [0, 0.1) is 0 Å². The molecule has 0 saturated heterocycles. The van der Waals surface area contributed by atoms with E-state index in [1.807, 2.05) is 24.3 Å². The fraction of sp³-hybridized carbons (Fsp3) is 0.360. The first-order valence-corrected chi connectivity index (χ1v) is 13.8. The van der Waals surface area contributed by atoms with Gasteiger partial charge >= 0.3 is 0 Å². The Balaban J connectivity index is 1.49. The predicted octanol–water partition coefficient (Wildman–Crippen LogP) is 3.79. The zero-order chi connectivity index (χ0) is 24.6. The number of ether oxygens (including phenoxy) is 2. The van der Waals surface area contributed by atoms with Crippen LogP contribution in [0.5, 0.6) is 11.5 Å². The fourth-order valence-corrected chi connectivity index (χ4v) is 7.32. The monoisotopic (exact) mass is 513 g/mol. The van der Waals surface area contributed by atoms with Gasteiger partial charge in [0.1, 0.15) is 6.04 Å². The zero-order valence-corrected chi connectivity index (χ0v) is 21.2. The first-order chi connectivity index (χ1) is 16.9. The first-order valence-electron chi connectivity index (χ1n) is 11.5. The summed E-state index contributed by atoms with van der Waals surface area (Å²) in [5, 5.41) is 3.44. The summed E-state index contributed by atoms with van der Waals surface area (Å²) >= 11 is 1.49. The van der Waals surface area contributed by atoms with Gasteiger partial charge < -0.3 is 14.8 Å². The number of methoxy groups -OCH3 is 2. The summed E-state index contributed by atoms with van der Waals surface area (Å²) in [5.41, 5.74) is 2.88. The Morgan fingerprint density at radius 3 is 2.54 bits per heavy atom. The number of sulfonamides is 1. The number of fused-ring (bicyclic) bond motifs is 2. The maximum absolute atomic E-state index is 13.8. The standard InChI is InChI=1S/C25H27N3O5S2/c1-32-21-12-11-18(14-22(21)33-2)35(30,31)28-15-17-8-4-3-7-16(17)13-20(28)24(29)27-25-26-19-9-5-6-10-23(19)34-25/h3-4,7-8,11-12,14,20H,5-6,9-10,13,15H2,1-2H3,(H,26,27,29). The number of amides is 1. The smallest absolute Gasteiger partial charge is 0.244 e. The van der Waals surface area contributed by atoms with Crippen molar-refractivity contribution < 1.29 is 22.7 Å². The van der Waals surface area contributed by atoms with Crippen LogP contribution in [0.3, 0.4) is 0 Å². The van der Waals surface area contributed by atoms with Crippen molar-refractivity contribution in [1.82, 2.24) is 9.29 Å². The van der Waals surface area contributed by atoms with Gasteiger partial charge in [-0.1, -0.05) is 24.3 Å². The van der Waals surface area contributed by atoms with E-state index >= 15 is 0 Å². The molecule has 0 fully saturated rings. The molecule has 1 unspecified atom stereocenters. The summed E-state index contributed by atoms with van der Waals surface area (Å²) in [7, 11) is -1.09. The fourth-order valence-electron chi connectivity index (χ4n) is 4.68. The normalized spacial score (nSPS) is 17.8. The molecular weight excluding hydrogens is 486 g/mol. The molecule has 10 heteroatoms. The molecule has 8 nitrogen and oxygen atoms in total. The second-order valence-electron chi connectivity index (χ2n) is 8.64. The van der Waals surface area contributed by atoms with E-state index in [2.05, 4.69) is 10.3 Å². The van der Waals surface area contributed by atoms with Crippen molar-refractivity contribution in [1.29, 1.82) is 0 Å². The highest BCUT2D eigenvalue weighted by molar-refractivity contribution is 7.89. The van der Waals surface area contributed by atoms with Gasteiger partial charge in [0, 0.05) is 17.5 Å². The molecule has 0 bridgehead atoms. The Labute approximate surface area is 209 Å². The Kier molecular flexibility index (Phi) is 6.52. The minimum Gasteiger partial charge on any atom is -0.493 e. The van der Waals surface area contributed by atoms with E-state index in [1.165, 1.54) is 46.9 Å². The number of aromatic nitrogens is 1. The molecule has 2 aromatic carbocycles. The van der Waals surface area contributed by atoms with Crippen LogP contribution in [0.1, 0.15) is 34.5 Å². The average molecular weight is 514 g/mol. The highest BCUT2D eigenvalue weighted by Gasteiger charge is 2.40. The SMILES string of the molecule is COc1ccc(S(=O)(=O)N2Cc3ccccc3CC2C(=O)Nc2nc3c(s2)CCCC3)cc1OC. The molecule has 5 rings (SSSR count). The lowest BCUT2D eigenvalue weighted by Crippen LogP contribution is -2.50. The number of hydrogen-bond acceptors (Lipinski definition) is 7. The molecule has 1 aromatic heterocycles. The van der Waals surface area contributed by atoms with Gasteiger partial charge in [0.05, 0.1) is 24.8 Å². The van der Waals surface area contributed by atoms with E-state index < -0.39 is 16.1 Å². The maximum atomic E-state index is 13.8. The van der Waals surface area contributed by atoms with E-state index in [1.54, 1.807) is 6.07 Å². The van der Waals surface area contributed by atoms with Crippen LogP contribution in [0.25, 0.3) is 0 Å². The molecule has 0 saturated carbocycles. The highest BCUT2D eigenvalue weighted by atomic mass is 32.2. The second kappa shape index (κ2) is 9.60. The predicted molar refractivity (Wildman–Crippen MR) is 134 cm³/mol. The minimum atomic E-state index is -4.03. The van der Waals surface area contributed by atoms with E-state index in [0.717, 1.165) is 42.5 Å². The summed E-state index contributed by atoms with van der Waals surface area (Å²) in [4.78, 5) is 19.4. The molecule has 3 aromatic rings. The Hall–Kier alpha value is -2.95. The van der Waals surface area contributed by atoms with E-state index in [4.69, 9.17) is 9.47 Å². The number of nitrogens with zero attached hydrogens (tertiary/aromatic N) is 2. The molecular formula is C25H27N3O5S2. The summed E-state index contributed by atoms with van der Waals surface area (Å²) < 4.78 is 39.5. The number of carbonyl (C=O) groups is 1. The second-order valence-corrected chi connectivity index (χ2v) is 11.6. The molecule has 2 heterocycles. The molecule has 1 aliphatic heterocycles. The van der Waals surface area contributed by atoms with Gasteiger partial charge in [-0.15, -0.1) is 11.3 Å². The molecule has 184 valence electrons. The van der Waals surface area contributed by atoms with E-state index in [9.17, 15) is 13.2 Å². The van der Waals surface area contributed by atoms with Gasteiger partial charge in [-0.25, -0.2) is 13.4 Å². The number of thiazole rings is 1. The third-order valence-corrected chi connectivity index (χ3v) is 9.47. The molecule has 1 aliphatic carbocycles. The molecule has 35 heavy (non-hydrogen) atoms. The van der Waals surface area contributed by atoms with Gasteiger partial charge in [-0.05, 0) is 55.4 Å². The van der Waals surface area contributed by atoms with Crippen LogP contribution in [0.4, 0.5) is 5.13 Å². The van der Waals surface area contributed by atoms with Crippen LogP contribution in [0.15, 0.2) is 47.4 Å². The van der Waals surface area contributed by atoms with Crippen LogP contribution in [-0.4, -0.2) is 43.9 Å². The van der Waals surface area contributed by atoms with Crippen molar-refractivity contribution in [3.05, 3.63) is 64.2 Å². The third-order valence-electron chi connectivity index (χ3n) is 6.55. The van der Waals surface area contributed by atoms with E-state index in [0.29, 0.717) is 16.6 Å². The number of nitrogens with one attached hydrogen (secondary N) is 1. The van der Waals surface area contributed by atoms with Crippen molar-refractivity contribution in [2.45, 2.75) is 49.6 Å². The van der Waals surface area contributed by atoms with Gasteiger partial charge in [0.2, 0.25) is 15.9 Å². The summed E-state index contributed by atoms with van der Waals surface area (Å²) in [6.45, 7) is 0.0965. The highest BCUT2D eigenvalue weighted by Crippen LogP contribution is 2.35. The lowest BCUT2D eigenvalue weighted by molar-refractivity contribution is -0.120. The quantitative estimate of drug-likeness (QED) is 0.539. The van der Waals surface area contributed by atoms with Gasteiger partial charge in [-0.3, -0.25) is 4.79 Å². The number of anilines is 1. The van der Waals surface area contributed by atoms with Crippen molar-refractivity contribution in [2.75, 3.05) is 19.5 Å². The maximum Gasteiger partial charge on any atom is 0.244 e. The topological polar surface area (TPSA) is 97.8 Å². The van der Waals surface area contributed by atoms with Crippen molar-refractivity contribution in [2.24, 2.45) is 0 Å². The van der Waals surface area contributed by atoms with Crippen LogP contribution < -0.4 is 14.8 Å². The first kappa shape index (κ1) is 23.8. The average Bonchev–Trinajstić information content (AvgIpc) is 3.29. The van der Waals surface area contributed by atoms with Crippen molar-refractivity contribution in [3.8, 4) is 11.5 Å². The van der Waals surface area contributed by atoms with Gasteiger partial charge in [0.25, 0.3) is 0 Å². The minimum absolute atomic E-state index is 0.0389. The van der Waals surface area contributed by atoms with Crippen LogP contribution in [-0.2, 0) is 40.6 Å². The van der Waals surface area contributed by atoms with Crippen LogP contribution in [0.2, 0.25) is 0 Å². The van der Waals surface area contributed by atoms with Gasteiger partial charge in [0.15, 0.2) is 16.6 Å². The van der Waals surface area contributed by atoms with Gasteiger partial charge in [-0.2, -0.15) is 4.31 Å². The van der Waals surface area contributed by atoms with Crippen molar-refractivity contribution >= 4 is 32.4 Å². The molecule has 0 radical (unpaired) electrons. The summed E-state index contributed by atoms with van der Waals surface area (Å²) in [6.07, 6.45) is 4.39. The molecule has 2 aliphatic rings. The Bertz CT molecular complexity index is 1350. The number of rotatable bonds is 6. The zero-order valence-electron chi connectivity index (χ0n) is 19.6. The lowest BCUT2D eigenvalue weighted by Gasteiger charge is -2.34. The van der Waals surface area contributed by atoms with Crippen LogP contribution >= 0.6 is 11.3 Å². The van der Waals surface area contributed by atoms with E-state index in [-0.39, 0.29) is 23.8 Å². The number of carbonyl (C=O) groups excluding carboxylic acids is 1. The largest absolute Gasteiger partial charge is 0.493 e. The summed E-state index contributed by atoms with van der Waals surface area (Å²) in [6, 6.07) is 11.2. The molecule has 0 spiro atoms. The lowest BCUT2D eigenvalue weighted by atomic mass is 9.95. The van der Waals surface area contributed by atoms with Crippen molar-refractivity contribution in [3.63, 3.8) is 0 Å². The molecule has 1 N–H and O–H groups in total. The molecule has 1 atom stereocenters. The number of benzene rings is 2. The Morgan fingerprint density at radius 1 is 1.06 bits per heavy atom. The Morgan fingerprint density at radius 2 is 1.80 bits per heavy atom. The number of hydrogen-bond donors (Lipinski definition) is 1. The molecule has 1 amide bonds. The number of aryl methyl sites for hydroxylation is 2. The summed E-state index contributed by atoms with van der Waals surface area (Å²) in [5.74, 6) is 0.354. The third kappa shape index (κ3) is 4.53.